The van der Waals surface area contributed by atoms with Crippen LogP contribution in [0.1, 0.15) is 54.4 Å². The third kappa shape index (κ3) is 5.18. The molecule has 7 nitrogen and oxygen atoms in total. The van der Waals surface area contributed by atoms with Crippen LogP contribution in [0.2, 0.25) is 0 Å². The lowest BCUT2D eigenvalue weighted by molar-refractivity contribution is 0.102. The first kappa shape index (κ1) is 25.2. The Labute approximate surface area is 218 Å². The molecule has 0 fully saturated rings. The smallest absolute Gasteiger partial charge is 0.255 e. The van der Waals surface area contributed by atoms with Gasteiger partial charge in [0.15, 0.2) is 0 Å². The summed E-state index contributed by atoms with van der Waals surface area (Å²) in [5.41, 5.74) is 7.80. The van der Waals surface area contributed by atoms with Gasteiger partial charge in [0, 0.05) is 33.6 Å². The number of rotatable bonds is 4. The number of nitrogens with zero attached hydrogens (tertiary/aromatic N) is 2. The van der Waals surface area contributed by atoms with Crippen molar-refractivity contribution < 1.29 is 13.9 Å². The van der Waals surface area contributed by atoms with Gasteiger partial charge in [-0.2, -0.15) is 10.6 Å². The Hall–Kier alpha value is -3.46. The largest absolute Gasteiger partial charge is 0.339 e. The van der Waals surface area contributed by atoms with Crippen molar-refractivity contribution in [2.24, 2.45) is 0 Å². The number of anilines is 1. The lowest BCUT2D eigenvalue weighted by Crippen LogP contribution is -2.15. The van der Waals surface area contributed by atoms with Gasteiger partial charge in [-0.25, -0.2) is 9.97 Å². The first-order chi connectivity index (χ1) is 17.5. The highest BCUT2D eigenvalue weighted by atomic mass is 32.3. The SMILES string of the molecule is Cc1c(NC(=O)c2ccc(C(C)(C)C)cc2)cccc1-c1ncnc2[nH]c(C3=CCS(O)(O)CC3)cc12. The van der Waals surface area contributed by atoms with Gasteiger partial charge in [-0.1, -0.05) is 51.1 Å². The topological polar surface area (TPSA) is 111 Å². The van der Waals surface area contributed by atoms with Gasteiger partial charge in [0.25, 0.3) is 5.91 Å². The van der Waals surface area contributed by atoms with Crippen LogP contribution in [0.5, 0.6) is 0 Å². The average molecular weight is 517 g/mol. The monoisotopic (exact) mass is 516 g/mol. The van der Waals surface area contributed by atoms with Crippen molar-refractivity contribution in [1.82, 2.24) is 15.0 Å². The number of aromatic nitrogens is 3. The van der Waals surface area contributed by atoms with Gasteiger partial charge >= 0.3 is 0 Å². The number of benzene rings is 2. The van der Waals surface area contributed by atoms with E-state index in [0.29, 0.717) is 23.4 Å². The Morgan fingerprint density at radius 3 is 2.51 bits per heavy atom. The van der Waals surface area contributed by atoms with Gasteiger partial charge in [-0.15, -0.1) is 0 Å². The second kappa shape index (κ2) is 9.45. The summed E-state index contributed by atoms with van der Waals surface area (Å²) in [7, 11) is -2.51. The van der Waals surface area contributed by atoms with E-state index < -0.39 is 10.6 Å². The van der Waals surface area contributed by atoms with E-state index >= 15 is 0 Å². The maximum atomic E-state index is 13.0. The molecule has 0 atom stereocenters. The first-order valence-corrected chi connectivity index (χ1v) is 14.2. The first-order valence-electron chi connectivity index (χ1n) is 12.3. The molecule has 5 rings (SSSR count). The fourth-order valence-corrected chi connectivity index (χ4v) is 5.79. The number of hydrogen-bond donors (Lipinski definition) is 4. The van der Waals surface area contributed by atoms with Crippen molar-refractivity contribution in [3.05, 3.63) is 83.3 Å². The number of amides is 1. The van der Waals surface area contributed by atoms with Crippen LogP contribution in [-0.2, 0) is 5.41 Å². The van der Waals surface area contributed by atoms with E-state index in [-0.39, 0.29) is 17.1 Å². The fourth-order valence-electron chi connectivity index (χ4n) is 4.61. The van der Waals surface area contributed by atoms with Crippen LogP contribution in [0, 0.1) is 6.92 Å². The summed E-state index contributed by atoms with van der Waals surface area (Å²) in [6.45, 7) is 8.42. The van der Waals surface area contributed by atoms with Crippen molar-refractivity contribution in [1.29, 1.82) is 0 Å². The summed E-state index contributed by atoms with van der Waals surface area (Å²) >= 11 is 0. The summed E-state index contributed by atoms with van der Waals surface area (Å²) in [4.78, 5) is 25.4. The molecule has 37 heavy (non-hydrogen) atoms. The molecule has 1 amide bonds. The Morgan fingerprint density at radius 2 is 1.84 bits per heavy atom. The third-order valence-corrected chi connectivity index (χ3v) is 8.48. The van der Waals surface area contributed by atoms with E-state index in [1.165, 1.54) is 11.9 Å². The molecule has 1 aliphatic heterocycles. The minimum atomic E-state index is -2.51. The van der Waals surface area contributed by atoms with E-state index in [9.17, 15) is 13.9 Å². The molecule has 1 aliphatic rings. The third-order valence-electron chi connectivity index (χ3n) is 6.92. The molecule has 2 aromatic carbocycles. The Balaban J connectivity index is 1.45. The summed E-state index contributed by atoms with van der Waals surface area (Å²) in [6.07, 6.45) is 4.02. The molecule has 0 bridgehead atoms. The maximum absolute atomic E-state index is 13.0. The Bertz CT molecular complexity index is 1510. The number of aromatic amines is 1. The zero-order valence-corrected chi connectivity index (χ0v) is 22.3. The van der Waals surface area contributed by atoms with E-state index in [0.717, 1.165) is 39.2 Å². The molecular weight excluding hydrogens is 484 g/mol. The number of nitrogens with one attached hydrogen (secondary N) is 2. The van der Waals surface area contributed by atoms with E-state index in [1.807, 2.05) is 61.5 Å². The van der Waals surface area contributed by atoms with E-state index in [4.69, 9.17) is 0 Å². The van der Waals surface area contributed by atoms with Crippen molar-refractivity contribution >= 4 is 38.8 Å². The molecule has 8 heteroatoms. The van der Waals surface area contributed by atoms with Crippen molar-refractivity contribution in [3.63, 3.8) is 0 Å². The second-order valence-electron chi connectivity index (χ2n) is 10.6. The van der Waals surface area contributed by atoms with Crippen LogP contribution in [0.4, 0.5) is 5.69 Å². The summed E-state index contributed by atoms with van der Waals surface area (Å²) < 4.78 is 19.9. The van der Waals surface area contributed by atoms with Crippen LogP contribution in [0.25, 0.3) is 27.9 Å². The normalized spacial score (nSPS) is 16.3. The quantitative estimate of drug-likeness (QED) is 0.233. The van der Waals surface area contributed by atoms with E-state index in [2.05, 4.69) is 41.0 Å². The highest BCUT2D eigenvalue weighted by molar-refractivity contribution is 8.24. The van der Waals surface area contributed by atoms with Crippen LogP contribution in [0.15, 0.2) is 60.9 Å². The van der Waals surface area contributed by atoms with Crippen LogP contribution >= 0.6 is 10.6 Å². The van der Waals surface area contributed by atoms with Crippen LogP contribution in [-0.4, -0.2) is 41.5 Å². The predicted molar refractivity (Wildman–Crippen MR) is 152 cm³/mol. The second-order valence-corrected chi connectivity index (χ2v) is 12.9. The fraction of sp³-hybridized carbons (Fsp3) is 0.276. The molecule has 2 aromatic heterocycles. The number of carbonyl (C=O) groups is 1. The molecular formula is C29H32N4O3S. The zero-order chi connectivity index (χ0) is 26.4. The molecule has 192 valence electrons. The number of allylic oxidation sites excluding steroid dienone is 1. The van der Waals surface area contributed by atoms with Gasteiger partial charge in [0.05, 0.1) is 11.4 Å². The number of H-pyrrole nitrogens is 1. The Morgan fingerprint density at radius 1 is 1.08 bits per heavy atom. The molecule has 4 N–H and O–H groups in total. The summed E-state index contributed by atoms with van der Waals surface area (Å²) in [5, 5.41) is 3.94. The number of fused-ring (bicyclic) bond motifs is 1. The van der Waals surface area contributed by atoms with Crippen LogP contribution in [0.3, 0.4) is 0 Å². The molecule has 0 spiro atoms. The molecule has 3 heterocycles. The number of hydrogen-bond acceptors (Lipinski definition) is 5. The molecule has 0 saturated heterocycles. The van der Waals surface area contributed by atoms with Crippen LogP contribution < -0.4 is 5.32 Å². The van der Waals surface area contributed by atoms with Gasteiger partial charge < -0.3 is 10.3 Å². The molecule has 0 radical (unpaired) electrons. The molecule has 0 unspecified atom stereocenters. The lowest BCUT2D eigenvalue weighted by Gasteiger charge is -2.34. The van der Waals surface area contributed by atoms with E-state index in [1.54, 1.807) is 0 Å². The van der Waals surface area contributed by atoms with Gasteiger partial charge in [-0.05, 0) is 59.7 Å². The van der Waals surface area contributed by atoms with Gasteiger partial charge in [0.2, 0.25) is 0 Å². The predicted octanol–water partition coefficient (Wildman–Crippen LogP) is 7.02. The molecule has 4 aromatic rings. The van der Waals surface area contributed by atoms with Crippen molar-refractivity contribution in [3.8, 4) is 11.3 Å². The maximum Gasteiger partial charge on any atom is 0.255 e. The highest BCUT2D eigenvalue weighted by Gasteiger charge is 2.21. The summed E-state index contributed by atoms with van der Waals surface area (Å²) in [6, 6.07) is 15.6. The average Bonchev–Trinajstić information content (AvgIpc) is 3.29. The molecule has 0 aliphatic carbocycles. The lowest BCUT2D eigenvalue weighted by atomic mass is 9.86. The van der Waals surface area contributed by atoms with Gasteiger partial charge in [0.1, 0.15) is 12.0 Å². The van der Waals surface area contributed by atoms with Crippen molar-refractivity contribution in [2.45, 2.75) is 39.5 Å². The number of carbonyl (C=O) groups excluding carboxylic acids is 1. The summed E-state index contributed by atoms with van der Waals surface area (Å²) in [5.74, 6) is 0.482. The zero-order valence-electron chi connectivity index (χ0n) is 21.5. The molecule has 0 saturated carbocycles. The Kier molecular flexibility index (Phi) is 6.43. The highest BCUT2D eigenvalue weighted by Crippen LogP contribution is 2.45. The van der Waals surface area contributed by atoms with Gasteiger partial charge in [-0.3, -0.25) is 13.9 Å². The minimum Gasteiger partial charge on any atom is -0.339 e. The standard InChI is InChI=1S/C29H32N4O3S/c1-18-22(6-5-7-24(18)33-28(34)20-8-10-21(11-9-20)29(2,3)4)26-23-16-25(32-27(23)31-17-30-26)19-12-14-37(35,36)15-13-19/h5-12,16-17,35-36H,13-15H2,1-4H3,(H,33,34)(H,30,31,32). The van der Waals surface area contributed by atoms with Crippen molar-refractivity contribution in [2.75, 3.05) is 16.8 Å². The minimum absolute atomic E-state index is 0.0255.